The van der Waals surface area contributed by atoms with Crippen LogP contribution in [-0.2, 0) is 9.31 Å². The number of hydrogen-bond acceptors (Lipinski definition) is 4. The lowest BCUT2D eigenvalue weighted by molar-refractivity contribution is 0.00578. The molecule has 0 bridgehead atoms. The number of hydrogen-bond donors (Lipinski definition) is 0. The summed E-state index contributed by atoms with van der Waals surface area (Å²) in [5.74, 6) is 0. The molecule has 0 N–H and O–H groups in total. The van der Waals surface area contributed by atoms with Crippen LogP contribution >= 0.6 is 0 Å². The first-order chi connectivity index (χ1) is 10.3. The Morgan fingerprint density at radius 2 is 1.68 bits per heavy atom. The molecule has 0 amide bonds. The summed E-state index contributed by atoms with van der Waals surface area (Å²) >= 11 is 0. The van der Waals surface area contributed by atoms with E-state index in [0.29, 0.717) is 0 Å². The minimum Gasteiger partial charge on any atom is -0.399 e. The van der Waals surface area contributed by atoms with Crippen LogP contribution in [0.15, 0.2) is 18.2 Å². The fourth-order valence-corrected chi connectivity index (χ4v) is 2.99. The van der Waals surface area contributed by atoms with Crippen molar-refractivity contribution in [1.29, 1.82) is 5.26 Å². The van der Waals surface area contributed by atoms with Crippen LogP contribution in [0.2, 0.25) is 0 Å². The van der Waals surface area contributed by atoms with Gasteiger partial charge in [-0.1, -0.05) is 6.07 Å². The zero-order chi connectivity index (χ0) is 16.0. The molecule has 0 unspecified atom stereocenters. The Morgan fingerprint density at radius 3 is 2.23 bits per heavy atom. The molecule has 0 radical (unpaired) electrons. The Labute approximate surface area is 133 Å². The van der Waals surface area contributed by atoms with Crippen molar-refractivity contribution in [2.45, 2.75) is 51.7 Å². The molecule has 2 fully saturated rings. The molecule has 2 aliphatic rings. The van der Waals surface area contributed by atoms with Crippen molar-refractivity contribution >= 4 is 18.3 Å². The van der Waals surface area contributed by atoms with Crippen molar-refractivity contribution in [2.75, 3.05) is 18.0 Å². The van der Waals surface area contributed by atoms with E-state index in [2.05, 4.69) is 44.7 Å². The van der Waals surface area contributed by atoms with Gasteiger partial charge < -0.3 is 14.2 Å². The summed E-state index contributed by atoms with van der Waals surface area (Å²) in [6, 6.07) is 8.19. The van der Waals surface area contributed by atoms with E-state index in [-0.39, 0.29) is 18.3 Å². The number of nitrogens with zero attached hydrogens (tertiary/aromatic N) is 2. The third-order valence-electron chi connectivity index (χ3n) is 5.11. The Bertz CT molecular complexity index is 600. The van der Waals surface area contributed by atoms with Gasteiger partial charge in [0.05, 0.1) is 22.5 Å². The molecule has 2 heterocycles. The number of rotatable bonds is 2. The second-order valence-corrected chi connectivity index (χ2v) is 7.17. The molecule has 0 aliphatic carbocycles. The first-order valence-corrected chi connectivity index (χ1v) is 7.99. The highest BCUT2D eigenvalue weighted by molar-refractivity contribution is 6.62. The Hall–Kier alpha value is -1.51. The van der Waals surface area contributed by atoms with Crippen LogP contribution in [0.25, 0.3) is 0 Å². The second kappa shape index (κ2) is 5.29. The van der Waals surface area contributed by atoms with Crippen molar-refractivity contribution in [2.24, 2.45) is 0 Å². The van der Waals surface area contributed by atoms with Gasteiger partial charge >= 0.3 is 7.12 Å². The van der Waals surface area contributed by atoms with Gasteiger partial charge in [-0.05, 0) is 58.1 Å². The summed E-state index contributed by atoms with van der Waals surface area (Å²) < 4.78 is 12.2. The van der Waals surface area contributed by atoms with Crippen LogP contribution in [0.5, 0.6) is 0 Å². The summed E-state index contributed by atoms with van der Waals surface area (Å²) in [6.07, 6.45) is 2.37. The van der Waals surface area contributed by atoms with Gasteiger partial charge in [0.15, 0.2) is 0 Å². The van der Waals surface area contributed by atoms with E-state index in [0.717, 1.165) is 29.8 Å². The number of nitriles is 1. The van der Waals surface area contributed by atoms with Crippen molar-refractivity contribution in [3.63, 3.8) is 0 Å². The standard InChI is InChI=1S/C17H23BN2O2/c1-16(2)17(3,4)22-18(21-16)14-8-7-13(12-19)15(11-14)20-9-5-6-10-20/h7-8,11H,5-6,9-10H2,1-4H3. The normalized spacial score (nSPS) is 22.9. The molecule has 1 aromatic carbocycles. The van der Waals surface area contributed by atoms with Crippen molar-refractivity contribution in [3.8, 4) is 6.07 Å². The lowest BCUT2D eigenvalue weighted by Gasteiger charge is -2.32. The first-order valence-electron chi connectivity index (χ1n) is 7.99. The quantitative estimate of drug-likeness (QED) is 0.787. The second-order valence-electron chi connectivity index (χ2n) is 7.17. The van der Waals surface area contributed by atoms with Crippen molar-refractivity contribution < 1.29 is 9.31 Å². The molecule has 0 spiro atoms. The summed E-state index contributed by atoms with van der Waals surface area (Å²) in [6.45, 7) is 10.2. The first kappa shape index (κ1) is 15.4. The molecule has 4 nitrogen and oxygen atoms in total. The van der Waals surface area contributed by atoms with E-state index < -0.39 is 0 Å². The zero-order valence-electron chi connectivity index (χ0n) is 13.8. The minimum atomic E-state index is -0.376. The molecule has 5 heteroatoms. The Balaban J connectivity index is 1.93. The third-order valence-corrected chi connectivity index (χ3v) is 5.11. The lowest BCUT2D eigenvalue weighted by atomic mass is 9.78. The molecule has 22 heavy (non-hydrogen) atoms. The van der Waals surface area contributed by atoms with E-state index in [9.17, 15) is 5.26 Å². The van der Waals surface area contributed by atoms with Crippen LogP contribution < -0.4 is 10.4 Å². The predicted octanol–water partition coefficient (Wildman–Crippen LogP) is 2.46. The van der Waals surface area contributed by atoms with Crippen LogP contribution in [-0.4, -0.2) is 31.4 Å². The molecule has 1 aromatic rings. The minimum absolute atomic E-state index is 0.348. The summed E-state index contributed by atoms with van der Waals surface area (Å²) in [7, 11) is -0.376. The fraction of sp³-hybridized carbons (Fsp3) is 0.588. The molecule has 116 valence electrons. The Kier molecular flexibility index (Phi) is 3.70. The van der Waals surface area contributed by atoms with Gasteiger partial charge in [0, 0.05) is 13.1 Å². The van der Waals surface area contributed by atoms with Crippen molar-refractivity contribution in [3.05, 3.63) is 23.8 Å². The molecular formula is C17H23BN2O2. The molecule has 2 aliphatic heterocycles. The van der Waals surface area contributed by atoms with Crippen LogP contribution in [0, 0.1) is 11.3 Å². The zero-order valence-corrected chi connectivity index (χ0v) is 13.8. The SMILES string of the molecule is CC1(C)OB(c2ccc(C#N)c(N3CCCC3)c2)OC1(C)C. The highest BCUT2D eigenvalue weighted by Crippen LogP contribution is 2.37. The summed E-state index contributed by atoms with van der Waals surface area (Å²) in [4.78, 5) is 2.29. The average molecular weight is 298 g/mol. The van der Waals surface area contributed by atoms with Crippen molar-refractivity contribution in [1.82, 2.24) is 0 Å². The smallest absolute Gasteiger partial charge is 0.399 e. The van der Waals surface area contributed by atoms with Gasteiger partial charge in [0.25, 0.3) is 0 Å². The molecule has 0 saturated carbocycles. The number of anilines is 1. The van der Waals surface area contributed by atoms with E-state index in [1.165, 1.54) is 12.8 Å². The van der Waals surface area contributed by atoms with Crippen LogP contribution in [0.3, 0.4) is 0 Å². The Morgan fingerprint density at radius 1 is 1.09 bits per heavy atom. The highest BCUT2D eigenvalue weighted by Gasteiger charge is 2.51. The average Bonchev–Trinajstić information content (AvgIpc) is 3.05. The summed E-state index contributed by atoms with van der Waals surface area (Å²) in [5, 5.41) is 9.36. The van der Waals surface area contributed by atoms with Crippen LogP contribution in [0.1, 0.15) is 46.1 Å². The predicted molar refractivity (Wildman–Crippen MR) is 88.3 cm³/mol. The number of benzene rings is 1. The van der Waals surface area contributed by atoms with E-state index in [1.807, 2.05) is 12.1 Å². The molecular weight excluding hydrogens is 275 g/mol. The fourth-order valence-electron chi connectivity index (χ4n) is 2.99. The van der Waals surface area contributed by atoms with Crippen LogP contribution in [0.4, 0.5) is 5.69 Å². The van der Waals surface area contributed by atoms with Gasteiger partial charge in [0.1, 0.15) is 6.07 Å². The largest absolute Gasteiger partial charge is 0.494 e. The monoisotopic (exact) mass is 298 g/mol. The lowest BCUT2D eigenvalue weighted by Crippen LogP contribution is -2.41. The highest BCUT2D eigenvalue weighted by atomic mass is 16.7. The molecule has 0 atom stereocenters. The van der Waals surface area contributed by atoms with Gasteiger partial charge in [-0.25, -0.2) is 0 Å². The maximum atomic E-state index is 9.36. The van der Waals surface area contributed by atoms with Gasteiger partial charge in [-0.15, -0.1) is 0 Å². The molecule has 0 aromatic heterocycles. The van der Waals surface area contributed by atoms with E-state index in [1.54, 1.807) is 0 Å². The van der Waals surface area contributed by atoms with E-state index >= 15 is 0 Å². The molecule has 2 saturated heterocycles. The maximum Gasteiger partial charge on any atom is 0.494 e. The third kappa shape index (κ3) is 2.51. The van der Waals surface area contributed by atoms with Gasteiger partial charge in [-0.2, -0.15) is 5.26 Å². The molecule has 3 rings (SSSR count). The summed E-state index contributed by atoms with van der Waals surface area (Å²) in [5.41, 5.74) is 2.02. The van der Waals surface area contributed by atoms with Gasteiger partial charge in [-0.3, -0.25) is 0 Å². The van der Waals surface area contributed by atoms with Gasteiger partial charge in [0.2, 0.25) is 0 Å². The topological polar surface area (TPSA) is 45.5 Å². The maximum absolute atomic E-state index is 9.36. The van der Waals surface area contributed by atoms with E-state index in [4.69, 9.17) is 9.31 Å².